The number of nitrogens with one attached hydrogen (secondary N) is 1. The predicted molar refractivity (Wildman–Crippen MR) is 119 cm³/mol. The molecule has 1 heterocycles. The van der Waals surface area contributed by atoms with Crippen LogP contribution in [0.2, 0.25) is 5.02 Å². The van der Waals surface area contributed by atoms with Crippen molar-refractivity contribution >= 4 is 27.5 Å². The van der Waals surface area contributed by atoms with E-state index in [2.05, 4.69) is 5.32 Å². The van der Waals surface area contributed by atoms with E-state index in [1.54, 1.807) is 38.5 Å². The fraction of sp³-hybridized carbons (Fsp3) is 0.409. The number of hydrogen-bond acceptors (Lipinski definition) is 5. The zero-order valence-electron chi connectivity index (χ0n) is 17.8. The van der Waals surface area contributed by atoms with E-state index < -0.39 is 15.9 Å². The van der Waals surface area contributed by atoms with Gasteiger partial charge in [-0.25, -0.2) is 8.42 Å². The SMILES string of the molecule is COc1ccc(OC)c([C@@H](C)NC(=O)[C@@H]2CCCN(S(=O)(=O)c3ccc(Cl)cc3)C2)c1. The first-order chi connectivity index (χ1) is 14.8. The maximum atomic E-state index is 13.0. The summed E-state index contributed by atoms with van der Waals surface area (Å²) in [6.45, 7) is 2.38. The molecule has 2 atom stereocenters. The molecule has 0 saturated carbocycles. The van der Waals surface area contributed by atoms with Crippen molar-refractivity contribution in [2.45, 2.75) is 30.7 Å². The van der Waals surface area contributed by atoms with E-state index in [4.69, 9.17) is 21.1 Å². The Bertz CT molecular complexity index is 1030. The lowest BCUT2D eigenvalue weighted by atomic mass is 9.97. The Balaban J connectivity index is 1.72. The first-order valence-corrected chi connectivity index (χ1v) is 11.9. The summed E-state index contributed by atoms with van der Waals surface area (Å²) in [5, 5.41) is 3.47. The molecule has 0 bridgehead atoms. The fourth-order valence-electron chi connectivity index (χ4n) is 3.72. The third-order valence-electron chi connectivity index (χ3n) is 5.47. The summed E-state index contributed by atoms with van der Waals surface area (Å²) < 4.78 is 38.0. The van der Waals surface area contributed by atoms with E-state index in [0.717, 1.165) is 5.56 Å². The number of ether oxygens (including phenoxy) is 2. The van der Waals surface area contributed by atoms with Crippen LogP contribution in [0.1, 0.15) is 31.4 Å². The molecule has 2 aromatic carbocycles. The third-order valence-corrected chi connectivity index (χ3v) is 7.60. The van der Waals surface area contributed by atoms with E-state index in [1.165, 1.54) is 16.4 Å². The second-order valence-electron chi connectivity index (χ2n) is 7.49. The number of rotatable bonds is 7. The highest BCUT2D eigenvalue weighted by atomic mass is 35.5. The van der Waals surface area contributed by atoms with Crippen LogP contribution in [0, 0.1) is 5.92 Å². The number of benzene rings is 2. The Kier molecular flexibility index (Phi) is 7.46. The van der Waals surface area contributed by atoms with Crippen LogP contribution < -0.4 is 14.8 Å². The minimum Gasteiger partial charge on any atom is -0.497 e. The van der Waals surface area contributed by atoms with Crippen molar-refractivity contribution in [2.75, 3.05) is 27.3 Å². The molecule has 168 valence electrons. The molecule has 0 aliphatic carbocycles. The monoisotopic (exact) mass is 466 g/mol. The van der Waals surface area contributed by atoms with Crippen molar-refractivity contribution in [3.63, 3.8) is 0 Å². The van der Waals surface area contributed by atoms with Crippen molar-refractivity contribution in [3.05, 3.63) is 53.1 Å². The lowest BCUT2D eigenvalue weighted by molar-refractivity contribution is -0.126. The molecule has 9 heteroatoms. The number of carbonyl (C=O) groups excluding carboxylic acids is 1. The summed E-state index contributed by atoms with van der Waals surface area (Å²) in [4.78, 5) is 13.1. The Hall–Kier alpha value is -2.29. The molecule has 1 fully saturated rings. The van der Waals surface area contributed by atoms with Gasteiger partial charge in [0, 0.05) is 23.7 Å². The van der Waals surface area contributed by atoms with Gasteiger partial charge in [-0.2, -0.15) is 4.31 Å². The van der Waals surface area contributed by atoms with E-state index in [0.29, 0.717) is 35.9 Å². The van der Waals surface area contributed by atoms with Crippen molar-refractivity contribution in [3.8, 4) is 11.5 Å². The van der Waals surface area contributed by atoms with Gasteiger partial charge in [-0.05, 0) is 62.2 Å². The van der Waals surface area contributed by atoms with Crippen LogP contribution in [0.4, 0.5) is 0 Å². The van der Waals surface area contributed by atoms with Gasteiger partial charge >= 0.3 is 0 Å². The van der Waals surface area contributed by atoms with Gasteiger partial charge in [-0.15, -0.1) is 0 Å². The van der Waals surface area contributed by atoms with E-state index in [9.17, 15) is 13.2 Å². The van der Waals surface area contributed by atoms with Crippen LogP contribution in [0.15, 0.2) is 47.4 Å². The Morgan fingerprint density at radius 2 is 1.87 bits per heavy atom. The Morgan fingerprint density at radius 3 is 2.52 bits per heavy atom. The molecule has 0 spiro atoms. The molecule has 1 aliphatic rings. The van der Waals surface area contributed by atoms with Crippen molar-refractivity contribution in [2.24, 2.45) is 5.92 Å². The van der Waals surface area contributed by atoms with Crippen LogP contribution >= 0.6 is 11.6 Å². The van der Waals surface area contributed by atoms with Crippen molar-refractivity contribution < 1.29 is 22.7 Å². The second-order valence-corrected chi connectivity index (χ2v) is 9.87. The molecule has 1 N–H and O–H groups in total. The molecule has 3 rings (SSSR count). The number of nitrogens with zero attached hydrogens (tertiary/aromatic N) is 1. The van der Waals surface area contributed by atoms with Crippen molar-refractivity contribution in [1.29, 1.82) is 0 Å². The topological polar surface area (TPSA) is 84.9 Å². The average molecular weight is 467 g/mol. The number of halogens is 1. The Morgan fingerprint density at radius 1 is 1.16 bits per heavy atom. The van der Waals surface area contributed by atoms with Gasteiger partial charge in [0.05, 0.1) is 31.1 Å². The van der Waals surface area contributed by atoms with Crippen LogP contribution in [-0.4, -0.2) is 45.9 Å². The summed E-state index contributed by atoms with van der Waals surface area (Å²) in [5.74, 6) is 0.683. The predicted octanol–water partition coefficient (Wildman–Crippen LogP) is 3.64. The molecule has 7 nitrogen and oxygen atoms in total. The number of methoxy groups -OCH3 is 2. The largest absolute Gasteiger partial charge is 0.497 e. The quantitative estimate of drug-likeness (QED) is 0.673. The van der Waals surface area contributed by atoms with Gasteiger partial charge < -0.3 is 14.8 Å². The summed E-state index contributed by atoms with van der Waals surface area (Å²) in [7, 11) is -0.541. The van der Waals surface area contributed by atoms with Gasteiger partial charge in [0.25, 0.3) is 0 Å². The molecule has 1 saturated heterocycles. The molecular formula is C22H27ClN2O5S. The highest BCUT2D eigenvalue weighted by molar-refractivity contribution is 7.89. The number of hydrogen-bond donors (Lipinski definition) is 1. The van der Waals surface area contributed by atoms with Gasteiger partial charge in [-0.3, -0.25) is 4.79 Å². The van der Waals surface area contributed by atoms with Crippen LogP contribution in [0.5, 0.6) is 11.5 Å². The maximum absolute atomic E-state index is 13.0. The summed E-state index contributed by atoms with van der Waals surface area (Å²) in [5.41, 5.74) is 0.789. The highest BCUT2D eigenvalue weighted by Crippen LogP contribution is 2.30. The second kappa shape index (κ2) is 9.89. The zero-order chi connectivity index (χ0) is 22.6. The molecule has 0 unspecified atom stereocenters. The smallest absolute Gasteiger partial charge is 0.243 e. The minimum atomic E-state index is -3.69. The zero-order valence-corrected chi connectivity index (χ0v) is 19.4. The average Bonchev–Trinajstić information content (AvgIpc) is 2.78. The number of sulfonamides is 1. The van der Waals surface area contributed by atoms with Crippen LogP contribution in [-0.2, 0) is 14.8 Å². The molecule has 0 radical (unpaired) electrons. The first kappa shape index (κ1) is 23.4. The summed E-state index contributed by atoms with van der Waals surface area (Å²) in [6.07, 6.45) is 1.24. The molecule has 2 aromatic rings. The lowest BCUT2D eigenvalue weighted by Crippen LogP contribution is -2.45. The van der Waals surface area contributed by atoms with Gasteiger partial charge in [0.2, 0.25) is 15.9 Å². The van der Waals surface area contributed by atoms with E-state index in [-0.39, 0.29) is 23.4 Å². The summed E-state index contributed by atoms with van der Waals surface area (Å²) in [6, 6.07) is 11.1. The summed E-state index contributed by atoms with van der Waals surface area (Å²) >= 11 is 5.87. The first-order valence-electron chi connectivity index (χ1n) is 10.0. The maximum Gasteiger partial charge on any atom is 0.243 e. The molecule has 1 amide bonds. The van der Waals surface area contributed by atoms with Gasteiger partial charge in [0.15, 0.2) is 0 Å². The minimum absolute atomic E-state index is 0.138. The van der Waals surface area contributed by atoms with E-state index in [1.807, 2.05) is 13.0 Å². The van der Waals surface area contributed by atoms with Crippen LogP contribution in [0.3, 0.4) is 0 Å². The normalized spacial score (nSPS) is 18.3. The molecular weight excluding hydrogens is 440 g/mol. The third kappa shape index (κ3) is 5.31. The molecule has 31 heavy (non-hydrogen) atoms. The number of amides is 1. The number of piperidine rings is 1. The lowest BCUT2D eigenvalue weighted by Gasteiger charge is -2.32. The Labute approximate surface area is 188 Å². The highest BCUT2D eigenvalue weighted by Gasteiger charge is 2.34. The van der Waals surface area contributed by atoms with E-state index >= 15 is 0 Å². The molecule has 0 aromatic heterocycles. The van der Waals surface area contributed by atoms with Crippen LogP contribution in [0.25, 0.3) is 0 Å². The fourth-order valence-corrected chi connectivity index (χ4v) is 5.37. The standard InChI is InChI=1S/C22H27ClN2O5S/c1-15(20-13-18(29-2)8-11-21(20)30-3)24-22(26)16-5-4-12-25(14-16)31(27,28)19-9-6-17(23)7-10-19/h6-11,13,15-16H,4-5,12,14H2,1-3H3,(H,24,26)/t15-,16-/m1/s1. The molecule has 1 aliphatic heterocycles. The van der Waals surface area contributed by atoms with Crippen molar-refractivity contribution in [1.82, 2.24) is 9.62 Å². The van der Waals surface area contributed by atoms with Gasteiger partial charge in [0.1, 0.15) is 11.5 Å². The van der Waals surface area contributed by atoms with Gasteiger partial charge in [-0.1, -0.05) is 11.6 Å². The number of carbonyl (C=O) groups is 1.